The van der Waals surface area contributed by atoms with Gasteiger partial charge in [-0.1, -0.05) is 56.3 Å². The summed E-state index contributed by atoms with van der Waals surface area (Å²) in [6.07, 6.45) is -0.406. The molecule has 0 bridgehead atoms. The maximum Gasteiger partial charge on any atom is 0.330 e. The van der Waals surface area contributed by atoms with Gasteiger partial charge in [0.15, 0.2) is 6.10 Å². The Morgan fingerprint density at radius 1 is 0.903 bits per heavy atom. The van der Waals surface area contributed by atoms with Gasteiger partial charge in [-0.3, -0.25) is 19.3 Å². The van der Waals surface area contributed by atoms with E-state index < -0.39 is 35.8 Å². The van der Waals surface area contributed by atoms with Gasteiger partial charge in [0.25, 0.3) is 17.7 Å². The lowest BCUT2D eigenvalue weighted by Gasteiger charge is -2.28. The molecule has 0 unspecified atom stereocenters. The van der Waals surface area contributed by atoms with Crippen molar-refractivity contribution in [2.24, 2.45) is 5.92 Å². The summed E-state index contributed by atoms with van der Waals surface area (Å²) in [5, 5.41) is 2.74. The predicted octanol–water partition coefficient (Wildman–Crippen LogP) is 2.60. The van der Waals surface area contributed by atoms with Gasteiger partial charge >= 0.3 is 5.97 Å². The molecule has 0 aromatic heterocycles. The quantitative estimate of drug-likeness (QED) is 0.521. The molecule has 1 aliphatic rings. The molecule has 2 aromatic rings. The average Bonchev–Trinajstić information content (AvgIpc) is 3.00. The summed E-state index contributed by atoms with van der Waals surface area (Å²) in [6, 6.07) is 15.0. The Balaban J connectivity index is 1.62. The van der Waals surface area contributed by atoms with Crippen LogP contribution in [0.3, 0.4) is 0 Å². The molecule has 0 spiro atoms. The fourth-order valence-corrected chi connectivity index (χ4v) is 3.55. The van der Waals surface area contributed by atoms with Crippen molar-refractivity contribution in [3.8, 4) is 0 Å². The number of hydrogen-bond donors (Lipinski definition) is 1. The van der Waals surface area contributed by atoms with Crippen LogP contribution < -0.4 is 5.32 Å². The topological polar surface area (TPSA) is 92.8 Å². The normalized spacial score (nSPS) is 14.9. The fraction of sp³-hybridized carbons (Fsp3) is 0.333. The van der Waals surface area contributed by atoms with Crippen LogP contribution in [0, 0.1) is 5.92 Å². The zero-order chi connectivity index (χ0) is 22.5. The standard InChI is InChI=1S/C24H26N2O5/c1-15(2)20(26-22(28)18-11-7-8-12-19(18)23(26)29)24(30)31-16(3)21(27)25-14-13-17-9-5-4-6-10-17/h4-12,15-16,20H,13-14H2,1-3H3,(H,25,27)/t16-,20+/m0/s1. The number of fused-ring (bicyclic) bond motifs is 1. The number of imide groups is 1. The third kappa shape index (κ3) is 4.82. The molecule has 0 aliphatic carbocycles. The first-order valence-corrected chi connectivity index (χ1v) is 10.3. The third-order valence-corrected chi connectivity index (χ3v) is 5.19. The molecule has 1 aliphatic heterocycles. The van der Waals surface area contributed by atoms with Crippen molar-refractivity contribution in [1.82, 2.24) is 10.2 Å². The highest BCUT2D eigenvalue weighted by molar-refractivity contribution is 6.22. The first-order chi connectivity index (χ1) is 14.8. The minimum Gasteiger partial charge on any atom is -0.451 e. The molecule has 7 heteroatoms. The Morgan fingerprint density at radius 2 is 1.45 bits per heavy atom. The summed E-state index contributed by atoms with van der Waals surface area (Å²) in [5.74, 6) is -2.67. The summed E-state index contributed by atoms with van der Waals surface area (Å²) in [5.41, 5.74) is 1.60. The van der Waals surface area contributed by atoms with E-state index in [1.807, 2.05) is 30.3 Å². The molecule has 31 heavy (non-hydrogen) atoms. The number of carbonyl (C=O) groups is 4. The zero-order valence-corrected chi connectivity index (χ0v) is 17.8. The van der Waals surface area contributed by atoms with Crippen molar-refractivity contribution >= 4 is 23.7 Å². The van der Waals surface area contributed by atoms with Gasteiger partial charge in [-0.15, -0.1) is 0 Å². The van der Waals surface area contributed by atoms with Crippen molar-refractivity contribution in [2.45, 2.75) is 39.3 Å². The number of nitrogens with zero attached hydrogens (tertiary/aromatic N) is 1. The lowest BCUT2D eigenvalue weighted by Crippen LogP contribution is -2.50. The Labute approximate surface area is 181 Å². The van der Waals surface area contributed by atoms with Gasteiger partial charge < -0.3 is 10.1 Å². The minimum atomic E-state index is -1.12. The highest BCUT2D eigenvalue weighted by atomic mass is 16.5. The average molecular weight is 422 g/mol. The zero-order valence-electron chi connectivity index (χ0n) is 17.8. The number of esters is 1. The van der Waals surface area contributed by atoms with Crippen molar-refractivity contribution in [2.75, 3.05) is 6.54 Å². The van der Waals surface area contributed by atoms with Gasteiger partial charge in [0, 0.05) is 6.54 Å². The second-order valence-corrected chi connectivity index (χ2v) is 7.82. The van der Waals surface area contributed by atoms with Crippen LogP contribution in [0.25, 0.3) is 0 Å². The molecule has 3 amide bonds. The second kappa shape index (κ2) is 9.55. The summed E-state index contributed by atoms with van der Waals surface area (Å²) < 4.78 is 5.35. The van der Waals surface area contributed by atoms with E-state index >= 15 is 0 Å². The Kier molecular flexibility index (Phi) is 6.84. The SMILES string of the molecule is CC(C)[C@H](C(=O)O[C@@H](C)C(=O)NCCc1ccccc1)N1C(=O)c2ccccc2C1=O. The van der Waals surface area contributed by atoms with Crippen molar-refractivity contribution < 1.29 is 23.9 Å². The van der Waals surface area contributed by atoms with Crippen molar-refractivity contribution in [3.63, 3.8) is 0 Å². The van der Waals surface area contributed by atoms with E-state index in [0.717, 1.165) is 10.5 Å². The van der Waals surface area contributed by atoms with Crippen LogP contribution >= 0.6 is 0 Å². The number of hydrogen-bond acceptors (Lipinski definition) is 5. The Bertz CT molecular complexity index is 951. The number of amides is 3. The van der Waals surface area contributed by atoms with Crippen LogP contribution in [0.5, 0.6) is 0 Å². The summed E-state index contributed by atoms with van der Waals surface area (Å²) >= 11 is 0. The molecular weight excluding hydrogens is 396 g/mol. The third-order valence-electron chi connectivity index (χ3n) is 5.19. The van der Waals surface area contributed by atoms with E-state index in [-0.39, 0.29) is 17.0 Å². The van der Waals surface area contributed by atoms with Crippen LogP contribution in [-0.4, -0.2) is 47.3 Å². The van der Waals surface area contributed by atoms with E-state index in [0.29, 0.717) is 13.0 Å². The first-order valence-electron chi connectivity index (χ1n) is 10.3. The lowest BCUT2D eigenvalue weighted by atomic mass is 10.0. The van der Waals surface area contributed by atoms with Gasteiger partial charge in [-0.05, 0) is 37.0 Å². The molecule has 2 aromatic carbocycles. The highest BCUT2D eigenvalue weighted by Crippen LogP contribution is 2.27. The van der Waals surface area contributed by atoms with E-state index in [1.165, 1.54) is 6.92 Å². The first kappa shape index (κ1) is 22.2. The number of benzene rings is 2. The van der Waals surface area contributed by atoms with Gasteiger partial charge in [0.05, 0.1) is 11.1 Å². The maximum absolute atomic E-state index is 12.9. The van der Waals surface area contributed by atoms with Crippen molar-refractivity contribution in [1.29, 1.82) is 0 Å². The van der Waals surface area contributed by atoms with Gasteiger partial charge in [-0.25, -0.2) is 4.79 Å². The van der Waals surface area contributed by atoms with E-state index in [1.54, 1.807) is 38.1 Å². The van der Waals surface area contributed by atoms with Crippen LogP contribution in [0.2, 0.25) is 0 Å². The Hall–Kier alpha value is -3.48. The van der Waals surface area contributed by atoms with Crippen LogP contribution in [-0.2, 0) is 20.7 Å². The van der Waals surface area contributed by atoms with Crippen LogP contribution in [0.15, 0.2) is 54.6 Å². The predicted molar refractivity (Wildman–Crippen MR) is 114 cm³/mol. The minimum absolute atomic E-state index is 0.262. The fourth-order valence-electron chi connectivity index (χ4n) is 3.55. The molecule has 3 rings (SSSR count). The Morgan fingerprint density at radius 3 is 2.00 bits per heavy atom. The number of carbonyl (C=O) groups excluding carboxylic acids is 4. The summed E-state index contributed by atoms with van der Waals surface area (Å²) in [7, 11) is 0. The van der Waals surface area contributed by atoms with Crippen LogP contribution in [0.4, 0.5) is 0 Å². The van der Waals surface area contributed by atoms with Gasteiger partial charge in [0.1, 0.15) is 6.04 Å². The molecule has 162 valence electrons. The molecule has 1 N–H and O–H groups in total. The largest absolute Gasteiger partial charge is 0.451 e. The highest BCUT2D eigenvalue weighted by Gasteiger charge is 2.45. The molecule has 1 heterocycles. The molecule has 0 saturated carbocycles. The number of rotatable bonds is 8. The molecule has 0 radical (unpaired) electrons. The van der Waals surface area contributed by atoms with E-state index in [4.69, 9.17) is 4.74 Å². The van der Waals surface area contributed by atoms with Crippen molar-refractivity contribution in [3.05, 3.63) is 71.3 Å². The smallest absolute Gasteiger partial charge is 0.330 e. The van der Waals surface area contributed by atoms with Crippen LogP contribution in [0.1, 0.15) is 47.1 Å². The van der Waals surface area contributed by atoms with Gasteiger partial charge in [-0.2, -0.15) is 0 Å². The monoisotopic (exact) mass is 422 g/mol. The number of ether oxygens (including phenoxy) is 1. The van der Waals surface area contributed by atoms with E-state index in [2.05, 4.69) is 5.32 Å². The molecule has 7 nitrogen and oxygen atoms in total. The molecule has 0 saturated heterocycles. The molecular formula is C24H26N2O5. The van der Waals surface area contributed by atoms with E-state index in [9.17, 15) is 19.2 Å². The number of nitrogens with one attached hydrogen (secondary N) is 1. The molecule has 0 fully saturated rings. The lowest BCUT2D eigenvalue weighted by molar-refractivity contribution is -0.159. The maximum atomic E-state index is 12.9. The summed E-state index contributed by atoms with van der Waals surface area (Å²) in [6.45, 7) is 5.31. The second-order valence-electron chi connectivity index (χ2n) is 7.82. The molecule has 2 atom stereocenters. The van der Waals surface area contributed by atoms with Gasteiger partial charge in [0.2, 0.25) is 0 Å². The summed E-state index contributed by atoms with van der Waals surface area (Å²) in [4.78, 5) is 51.7.